The van der Waals surface area contributed by atoms with Gasteiger partial charge in [0.25, 0.3) is 5.56 Å². The number of benzene rings is 3. The lowest BCUT2D eigenvalue weighted by Crippen LogP contribution is -2.23. The van der Waals surface area contributed by atoms with Crippen molar-refractivity contribution in [3.8, 4) is 39.8 Å². The Balaban J connectivity index is 1.36. The number of rotatable bonds is 10. The maximum atomic E-state index is 13.4. The smallest absolute Gasteiger partial charge is 0.291 e. The fourth-order valence-electron chi connectivity index (χ4n) is 4.44. The van der Waals surface area contributed by atoms with E-state index in [4.69, 9.17) is 14.6 Å². The molecule has 3 aromatic heterocycles. The molecular formula is C32H29N5O3S. The van der Waals surface area contributed by atoms with Gasteiger partial charge in [-0.05, 0) is 80.1 Å². The number of thiazole rings is 1. The summed E-state index contributed by atoms with van der Waals surface area (Å²) in [5.41, 5.74) is 4.04. The Labute approximate surface area is 241 Å². The fraction of sp³-hybridized carbons (Fsp3) is 0.188. The van der Waals surface area contributed by atoms with E-state index in [-0.39, 0.29) is 5.56 Å². The van der Waals surface area contributed by atoms with E-state index in [2.05, 4.69) is 17.0 Å². The SMILES string of the molecule is CCCCOc1ccc(-c2nc3sc(=Cc4cn(-c5ccccc5)nc4-c4ccc(OCC)cc4)c(=O)n3n2)cc1. The quantitative estimate of drug-likeness (QED) is 0.196. The molecule has 0 unspecified atom stereocenters. The Morgan fingerprint density at radius 1 is 0.854 bits per heavy atom. The summed E-state index contributed by atoms with van der Waals surface area (Å²) in [5, 5.41) is 9.40. The second-order valence-corrected chi connectivity index (χ2v) is 10.5. The van der Waals surface area contributed by atoms with Crippen LogP contribution in [0.1, 0.15) is 32.3 Å². The van der Waals surface area contributed by atoms with Crippen LogP contribution in [0.15, 0.2) is 89.9 Å². The van der Waals surface area contributed by atoms with E-state index in [0.29, 0.717) is 28.5 Å². The first-order valence-corrected chi connectivity index (χ1v) is 14.5. The van der Waals surface area contributed by atoms with Crippen molar-refractivity contribution in [3.05, 3.63) is 106 Å². The second kappa shape index (κ2) is 11.8. The summed E-state index contributed by atoms with van der Waals surface area (Å²) in [4.78, 5) is 18.6. The summed E-state index contributed by atoms with van der Waals surface area (Å²) in [7, 11) is 0. The van der Waals surface area contributed by atoms with Gasteiger partial charge in [-0.2, -0.15) is 14.6 Å². The number of unbranched alkanes of at least 4 members (excludes halogenated alkanes) is 1. The van der Waals surface area contributed by atoms with Gasteiger partial charge in [0, 0.05) is 22.9 Å². The third-order valence-corrected chi connectivity index (χ3v) is 7.51. The molecule has 0 aliphatic carbocycles. The Bertz CT molecular complexity index is 1870. The van der Waals surface area contributed by atoms with E-state index >= 15 is 0 Å². The van der Waals surface area contributed by atoms with Crippen LogP contribution in [-0.4, -0.2) is 37.6 Å². The van der Waals surface area contributed by atoms with Gasteiger partial charge < -0.3 is 9.47 Å². The molecule has 0 radical (unpaired) electrons. The zero-order chi connectivity index (χ0) is 28.2. The Morgan fingerprint density at radius 2 is 1.56 bits per heavy atom. The van der Waals surface area contributed by atoms with E-state index < -0.39 is 0 Å². The van der Waals surface area contributed by atoms with Crippen molar-refractivity contribution in [2.45, 2.75) is 26.7 Å². The summed E-state index contributed by atoms with van der Waals surface area (Å²) in [6.45, 7) is 5.38. The van der Waals surface area contributed by atoms with E-state index in [0.717, 1.165) is 52.4 Å². The van der Waals surface area contributed by atoms with Gasteiger partial charge in [0.05, 0.1) is 23.4 Å². The second-order valence-electron chi connectivity index (χ2n) is 9.44. The molecule has 6 rings (SSSR count). The van der Waals surface area contributed by atoms with E-state index in [1.54, 1.807) is 0 Å². The van der Waals surface area contributed by atoms with Crippen LogP contribution in [0.3, 0.4) is 0 Å². The van der Waals surface area contributed by atoms with Crippen molar-refractivity contribution >= 4 is 22.4 Å². The van der Waals surface area contributed by atoms with Crippen LogP contribution in [0.4, 0.5) is 0 Å². The van der Waals surface area contributed by atoms with Gasteiger partial charge in [-0.3, -0.25) is 4.79 Å². The number of hydrogen-bond donors (Lipinski definition) is 0. The molecule has 0 fully saturated rings. The molecule has 0 amide bonds. The van der Waals surface area contributed by atoms with Crippen molar-refractivity contribution < 1.29 is 9.47 Å². The van der Waals surface area contributed by atoms with Gasteiger partial charge in [0.15, 0.2) is 5.82 Å². The molecule has 206 valence electrons. The summed E-state index contributed by atoms with van der Waals surface area (Å²) in [6, 6.07) is 25.4. The van der Waals surface area contributed by atoms with Crippen molar-refractivity contribution in [1.29, 1.82) is 0 Å². The monoisotopic (exact) mass is 563 g/mol. The van der Waals surface area contributed by atoms with E-state index in [9.17, 15) is 4.79 Å². The predicted molar refractivity (Wildman–Crippen MR) is 162 cm³/mol. The zero-order valence-electron chi connectivity index (χ0n) is 22.9. The first kappa shape index (κ1) is 26.5. The van der Waals surface area contributed by atoms with E-state index in [1.807, 2.05) is 103 Å². The molecule has 8 nitrogen and oxygen atoms in total. The summed E-state index contributed by atoms with van der Waals surface area (Å²) in [5.74, 6) is 2.11. The highest BCUT2D eigenvalue weighted by Crippen LogP contribution is 2.27. The van der Waals surface area contributed by atoms with Crippen LogP contribution in [0.25, 0.3) is 39.4 Å². The first-order valence-electron chi connectivity index (χ1n) is 13.7. The zero-order valence-corrected chi connectivity index (χ0v) is 23.7. The minimum absolute atomic E-state index is 0.214. The average Bonchev–Trinajstić information content (AvgIpc) is 3.70. The number of ether oxygens (including phenoxy) is 2. The van der Waals surface area contributed by atoms with Crippen LogP contribution in [-0.2, 0) is 0 Å². The lowest BCUT2D eigenvalue weighted by molar-refractivity contribution is 0.309. The summed E-state index contributed by atoms with van der Waals surface area (Å²) < 4.78 is 15.1. The predicted octanol–water partition coefficient (Wildman–Crippen LogP) is 5.80. The molecule has 0 aliphatic rings. The Morgan fingerprint density at radius 3 is 2.24 bits per heavy atom. The van der Waals surface area contributed by atoms with Gasteiger partial charge in [-0.25, -0.2) is 4.68 Å². The standard InChI is InChI=1S/C32H29N5O3S/c1-3-5-19-40-27-17-13-23(14-18-27)30-33-32-37(35-30)31(38)28(41-32)20-24-21-36(25-9-7-6-8-10-25)34-29(24)22-11-15-26(16-12-22)39-4-2/h6-18,20-21H,3-5,19H2,1-2H3. The Hall–Kier alpha value is -4.76. The first-order chi connectivity index (χ1) is 20.1. The molecule has 0 N–H and O–H groups in total. The minimum atomic E-state index is -0.214. The lowest BCUT2D eigenvalue weighted by atomic mass is 10.1. The van der Waals surface area contributed by atoms with Crippen LogP contribution in [0, 0.1) is 0 Å². The van der Waals surface area contributed by atoms with Gasteiger partial charge in [-0.1, -0.05) is 42.9 Å². The van der Waals surface area contributed by atoms with Gasteiger partial charge in [0.1, 0.15) is 17.2 Å². The maximum absolute atomic E-state index is 13.4. The third kappa shape index (κ3) is 5.62. The normalized spacial score (nSPS) is 11.8. The summed E-state index contributed by atoms with van der Waals surface area (Å²) in [6.07, 6.45) is 5.90. The van der Waals surface area contributed by atoms with Crippen LogP contribution >= 0.6 is 11.3 Å². The van der Waals surface area contributed by atoms with Gasteiger partial charge in [0.2, 0.25) is 4.96 Å². The molecule has 9 heteroatoms. The maximum Gasteiger partial charge on any atom is 0.291 e. The molecule has 3 aromatic carbocycles. The average molecular weight is 564 g/mol. The third-order valence-electron chi connectivity index (χ3n) is 6.55. The molecule has 41 heavy (non-hydrogen) atoms. The molecule has 0 saturated carbocycles. The largest absolute Gasteiger partial charge is 0.494 e. The number of fused-ring (bicyclic) bond motifs is 1. The van der Waals surface area contributed by atoms with Gasteiger partial charge >= 0.3 is 0 Å². The van der Waals surface area contributed by atoms with Crippen molar-refractivity contribution in [1.82, 2.24) is 24.4 Å². The number of para-hydroxylation sites is 1. The van der Waals surface area contributed by atoms with Crippen LogP contribution < -0.4 is 19.6 Å². The molecule has 0 bridgehead atoms. The highest BCUT2D eigenvalue weighted by Gasteiger charge is 2.15. The molecule has 0 spiro atoms. The minimum Gasteiger partial charge on any atom is -0.494 e. The topological polar surface area (TPSA) is 83.5 Å². The van der Waals surface area contributed by atoms with Crippen molar-refractivity contribution in [3.63, 3.8) is 0 Å². The highest BCUT2D eigenvalue weighted by molar-refractivity contribution is 7.15. The molecular weight excluding hydrogens is 534 g/mol. The summed E-state index contributed by atoms with van der Waals surface area (Å²) >= 11 is 1.31. The van der Waals surface area contributed by atoms with Crippen molar-refractivity contribution in [2.24, 2.45) is 0 Å². The highest BCUT2D eigenvalue weighted by atomic mass is 32.1. The Kier molecular flexibility index (Phi) is 7.60. The van der Waals surface area contributed by atoms with Crippen LogP contribution in [0.5, 0.6) is 11.5 Å². The molecule has 0 aliphatic heterocycles. The number of aromatic nitrogens is 5. The lowest BCUT2D eigenvalue weighted by Gasteiger charge is -2.05. The van der Waals surface area contributed by atoms with Crippen molar-refractivity contribution in [2.75, 3.05) is 13.2 Å². The molecule has 0 atom stereocenters. The molecule has 3 heterocycles. The number of nitrogens with zero attached hydrogens (tertiary/aromatic N) is 5. The van der Waals surface area contributed by atoms with E-state index in [1.165, 1.54) is 15.9 Å². The number of hydrogen-bond acceptors (Lipinski definition) is 7. The molecule has 0 saturated heterocycles. The fourth-order valence-corrected chi connectivity index (χ4v) is 5.34. The molecule has 6 aromatic rings. The van der Waals surface area contributed by atoms with Gasteiger partial charge in [-0.15, -0.1) is 5.10 Å². The van der Waals surface area contributed by atoms with Crippen LogP contribution in [0.2, 0.25) is 0 Å².